The van der Waals surface area contributed by atoms with Gasteiger partial charge in [-0.25, -0.2) is 4.98 Å². The summed E-state index contributed by atoms with van der Waals surface area (Å²) < 4.78 is 17.6. The second-order valence-corrected chi connectivity index (χ2v) is 8.47. The number of nitrogens with zero attached hydrogens (tertiary/aromatic N) is 2. The molecule has 2 heterocycles. The second-order valence-electron chi connectivity index (χ2n) is 8.47. The van der Waals surface area contributed by atoms with Crippen LogP contribution >= 0.6 is 0 Å². The highest BCUT2D eigenvalue weighted by Crippen LogP contribution is 2.38. The number of aromatic nitrogens is 1. The van der Waals surface area contributed by atoms with Gasteiger partial charge in [-0.3, -0.25) is 4.79 Å². The van der Waals surface area contributed by atoms with Crippen LogP contribution < -0.4 is 10.6 Å². The predicted molar refractivity (Wildman–Crippen MR) is 111 cm³/mol. The summed E-state index contributed by atoms with van der Waals surface area (Å²) in [6, 6.07) is 3.60. The van der Waals surface area contributed by atoms with E-state index in [-0.39, 0.29) is 30.3 Å². The number of rotatable bonds is 9. The number of anilines is 1. The molecule has 1 aliphatic carbocycles. The summed E-state index contributed by atoms with van der Waals surface area (Å²) in [6.45, 7) is 7.84. The molecule has 0 radical (unpaired) electrons. The first kappa shape index (κ1) is 22.0. The van der Waals surface area contributed by atoms with Crippen molar-refractivity contribution in [2.24, 2.45) is 0 Å². The molecule has 1 saturated heterocycles. The monoisotopic (exact) mass is 406 g/mol. The number of carbonyl (C=O) groups is 1. The van der Waals surface area contributed by atoms with E-state index in [9.17, 15) is 4.79 Å². The minimum Gasteiger partial charge on any atom is -0.375 e. The number of fused-ring (bicyclic) bond motifs is 1. The number of hydrogen-bond donors (Lipinski definition) is 2. The Labute approximate surface area is 173 Å². The van der Waals surface area contributed by atoms with E-state index in [0.717, 1.165) is 19.4 Å². The molecule has 8 heteroatoms. The molecule has 162 valence electrons. The molecule has 0 spiro atoms. The number of likely N-dealkylation sites (N-methyl/N-ethyl adjacent to an activating group) is 1. The SMILES string of the molecule is CCOC(CNc1ncccc1C(=O)NC1C[C@@H]2OC(C)(C)O[C@@H]2C1)CN(C)C. The highest BCUT2D eigenvalue weighted by molar-refractivity contribution is 5.98. The van der Waals surface area contributed by atoms with Gasteiger partial charge in [0.15, 0.2) is 5.79 Å². The van der Waals surface area contributed by atoms with Crippen LogP contribution in [0.5, 0.6) is 0 Å². The molecule has 8 nitrogen and oxygen atoms in total. The van der Waals surface area contributed by atoms with Crippen molar-refractivity contribution in [1.29, 1.82) is 0 Å². The summed E-state index contributed by atoms with van der Waals surface area (Å²) >= 11 is 0. The van der Waals surface area contributed by atoms with E-state index in [2.05, 4.69) is 20.5 Å². The predicted octanol–water partition coefficient (Wildman–Crippen LogP) is 1.87. The van der Waals surface area contributed by atoms with Gasteiger partial charge in [0.05, 0.1) is 23.9 Å². The largest absolute Gasteiger partial charge is 0.375 e. The maximum Gasteiger partial charge on any atom is 0.255 e. The molecule has 3 rings (SSSR count). The first-order valence-corrected chi connectivity index (χ1v) is 10.4. The highest BCUT2D eigenvalue weighted by Gasteiger charge is 2.47. The molecule has 1 aliphatic heterocycles. The van der Waals surface area contributed by atoms with Crippen LogP contribution in [0, 0.1) is 0 Å². The summed E-state index contributed by atoms with van der Waals surface area (Å²) in [4.78, 5) is 19.4. The minimum absolute atomic E-state index is 0.0137. The Kier molecular flexibility index (Phi) is 7.10. The zero-order valence-electron chi connectivity index (χ0n) is 18.1. The third kappa shape index (κ3) is 5.88. The number of nitrogens with one attached hydrogen (secondary N) is 2. The lowest BCUT2D eigenvalue weighted by atomic mass is 10.2. The highest BCUT2D eigenvalue weighted by atomic mass is 16.8. The average molecular weight is 407 g/mol. The van der Waals surface area contributed by atoms with Gasteiger partial charge in [-0.2, -0.15) is 0 Å². The fourth-order valence-electron chi connectivity index (χ4n) is 4.11. The van der Waals surface area contributed by atoms with Crippen LogP contribution in [0.4, 0.5) is 5.82 Å². The lowest BCUT2D eigenvalue weighted by Crippen LogP contribution is -2.37. The lowest BCUT2D eigenvalue weighted by Gasteiger charge is -2.23. The zero-order valence-corrected chi connectivity index (χ0v) is 18.1. The summed E-state index contributed by atoms with van der Waals surface area (Å²) in [5, 5.41) is 6.41. The van der Waals surface area contributed by atoms with Gasteiger partial charge in [-0.05, 0) is 59.8 Å². The van der Waals surface area contributed by atoms with Crippen LogP contribution in [0.3, 0.4) is 0 Å². The van der Waals surface area contributed by atoms with Gasteiger partial charge < -0.3 is 29.7 Å². The molecule has 2 unspecified atom stereocenters. The molecule has 29 heavy (non-hydrogen) atoms. The van der Waals surface area contributed by atoms with E-state index >= 15 is 0 Å². The molecule has 1 aromatic rings. The number of ether oxygens (including phenoxy) is 3. The first-order valence-electron chi connectivity index (χ1n) is 10.4. The fraction of sp³-hybridized carbons (Fsp3) is 0.714. The van der Waals surface area contributed by atoms with Crippen LogP contribution in [0.2, 0.25) is 0 Å². The Morgan fingerprint density at radius 1 is 1.34 bits per heavy atom. The second kappa shape index (κ2) is 9.38. The Balaban J connectivity index is 1.58. The fourth-order valence-corrected chi connectivity index (χ4v) is 4.11. The van der Waals surface area contributed by atoms with Gasteiger partial charge >= 0.3 is 0 Å². The Hall–Kier alpha value is -1.74. The molecule has 4 atom stereocenters. The Bertz CT molecular complexity index is 681. The molecule has 0 aromatic carbocycles. The van der Waals surface area contributed by atoms with Crippen molar-refractivity contribution in [2.45, 2.75) is 63.8 Å². The van der Waals surface area contributed by atoms with Crippen LogP contribution in [0.1, 0.15) is 44.0 Å². The van der Waals surface area contributed by atoms with Crippen molar-refractivity contribution in [3.63, 3.8) is 0 Å². The zero-order chi connectivity index (χ0) is 21.0. The van der Waals surface area contributed by atoms with Crippen molar-refractivity contribution in [3.05, 3.63) is 23.9 Å². The third-order valence-corrected chi connectivity index (χ3v) is 5.17. The smallest absolute Gasteiger partial charge is 0.255 e. The molecule has 2 fully saturated rings. The number of carbonyl (C=O) groups excluding carboxylic acids is 1. The van der Waals surface area contributed by atoms with E-state index in [1.54, 1.807) is 18.3 Å². The van der Waals surface area contributed by atoms with Crippen LogP contribution in [0.25, 0.3) is 0 Å². The van der Waals surface area contributed by atoms with Crippen molar-refractivity contribution >= 4 is 11.7 Å². The maximum atomic E-state index is 12.9. The van der Waals surface area contributed by atoms with Crippen molar-refractivity contribution in [2.75, 3.05) is 39.1 Å². The third-order valence-electron chi connectivity index (χ3n) is 5.17. The molecule has 2 aliphatic rings. The lowest BCUT2D eigenvalue weighted by molar-refractivity contribution is -0.152. The normalized spacial score (nSPS) is 26.3. The van der Waals surface area contributed by atoms with Gasteiger partial charge in [-0.15, -0.1) is 0 Å². The summed E-state index contributed by atoms with van der Waals surface area (Å²) in [5.74, 6) is -0.0975. The topological polar surface area (TPSA) is 85.0 Å². The molecule has 1 saturated carbocycles. The number of pyridine rings is 1. The summed E-state index contributed by atoms with van der Waals surface area (Å²) in [6.07, 6.45) is 3.31. The molecule has 2 N–H and O–H groups in total. The van der Waals surface area contributed by atoms with Crippen molar-refractivity contribution in [1.82, 2.24) is 15.2 Å². The molecule has 1 amide bonds. The van der Waals surface area contributed by atoms with Gasteiger partial charge in [0.1, 0.15) is 5.82 Å². The van der Waals surface area contributed by atoms with Gasteiger partial charge in [-0.1, -0.05) is 0 Å². The Morgan fingerprint density at radius 3 is 2.66 bits per heavy atom. The quantitative estimate of drug-likeness (QED) is 0.648. The molecule has 1 aromatic heterocycles. The van der Waals surface area contributed by atoms with E-state index in [1.807, 2.05) is 34.9 Å². The summed E-state index contributed by atoms with van der Waals surface area (Å²) in [7, 11) is 4.02. The molecular weight excluding hydrogens is 372 g/mol. The van der Waals surface area contributed by atoms with E-state index in [4.69, 9.17) is 14.2 Å². The molecular formula is C21H34N4O4. The van der Waals surface area contributed by atoms with Crippen molar-refractivity contribution < 1.29 is 19.0 Å². The van der Waals surface area contributed by atoms with Gasteiger partial charge in [0, 0.05) is 31.9 Å². The number of hydrogen-bond acceptors (Lipinski definition) is 7. The number of amides is 1. The van der Waals surface area contributed by atoms with Crippen molar-refractivity contribution in [3.8, 4) is 0 Å². The van der Waals surface area contributed by atoms with Crippen LogP contribution in [0.15, 0.2) is 18.3 Å². The maximum absolute atomic E-state index is 12.9. The van der Waals surface area contributed by atoms with E-state index < -0.39 is 5.79 Å². The van der Waals surface area contributed by atoms with Crippen LogP contribution in [-0.2, 0) is 14.2 Å². The Morgan fingerprint density at radius 2 is 2.03 bits per heavy atom. The van der Waals surface area contributed by atoms with E-state index in [0.29, 0.717) is 24.5 Å². The van der Waals surface area contributed by atoms with Gasteiger partial charge in [0.25, 0.3) is 5.91 Å². The average Bonchev–Trinajstić information content (AvgIpc) is 3.12. The minimum atomic E-state index is -0.533. The summed E-state index contributed by atoms with van der Waals surface area (Å²) in [5.41, 5.74) is 0.534. The van der Waals surface area contributed by atoms with Crippen LogP contribution in [-0.4, -0.2) is 79.7 Å². The van der Waals surface area contributed by atoms with E-state index in [1.165, 1.54) is 0 Å². The standard InChI is InChI=1S/C21H34N4O4/c1-6-27-15(13-25(4)5)12-23-19-16(8-7-9-22-19)20(26)24-14-10-17-18(11-14)29-21(2,3)28-17/h7-9,14-15,17-18H,6,10-13H2,1-5H3,(H,22,23)(H,24,26)/t14?,15?,17-,18+. The van der Waals surface area contributed by atoms with Gasteiger partial charge in [0.2, 0.25) is 0 Å². The first-order chi connectivity index (χ1) is 13.8. The molecule has 0 bridgehead atoms.